The van der Waals surface area contributed by atoms with Crippen LogP contribution in [0.5, 0.6) is 0 Å². The first-order chi connectivity index (χ1) is 16.3. The molecule has 34 heavy (non-hydrogen) atoms. The molecule has 0 atom stereocenters. The number of nitrogens with one attached hydrogen (secondary N) is 1. The molecule has 0 unspecified atom stereocenters. The second kappa shape index (κ2) is 8.54. The van der Waals surface area contributed by atoms with Crippen LogP contribution >= 0.6 is 11.6 Å². The average molecular weight is 496 g/mol. The van der Waals surface area contributed by atoms with Crippen molar-refractivity contribution in [2.75, 3.05) is 43.4 Å². The quantitative estimate of drug-likeness (QED) is 0.466. The van der Waals surface area contributed by atoms with Crippen molar-refractivity contribution in [1.29, 1.82) is 0 Å². The fourth-order valence-corrected chi connectivity index (χ4v) is 6.20. The zero-order valence-corrected chi connectivity index (χ0v) is 20.0. The maximum Gasteiger partial charge on any atom is 0.255 e. The summed E-state index contributed by atoms with van der Waals surface area (Å²) < 4.78 is 26.4. The Labute approximate surface area is 202 Å². The van der Waals surface area contributed by atoms with E-state index in [9.17, 15) is 18.0 Å². The number of hydrogen-bond acceptors (Lipinski definition) is 6. The van der Waals surface area contributed by atoms with Crippen molar-refractivity contribution in [3.05, 3.63) is 82.4 Å². The minimum atomic E-state index is -3.94. The van der Waals surface area contributed by atoms with Crippen LogP contribution in [0.15, 0.2) is 70.5 Å². The Bertz CT molecular complexity index is 1430. The highest BCUT2D eigenvalue weighted by Gasteiger charge is 2.35. The van der Waals surface area contributed by atoms with Crippen LogP contribution in [0.2, 0.25) is 5.02 Å². The smallest absolute Gasteiger partial charge is 0.255 e. The van der Waals surface area contributed by atoms with E-state index in [1.165, 1.54) is 30.3 Å². The normalized spacial score (nSPS) is 17.1. The van der Waals surface area contributed by atoms with Crippen LogP contribution < -0.4 is 10.2 Å². The van der Waals surface area contributed by atoms with E-state index in [2.05, 4.69) is 22.2 Å². The lowest BCUT2D eigenvalue weighted by Gasteiger charge is -2.35. The van der Waals surface area contributed by atoms with Gasteiger partial charge in [0.05, 0.1) is 21.2 Å². The van der Waals surface area contributed by atoms with Gasteiger partial charge < -0.3 is 15.1 Å². The number of carbonyl (C=O) groups excluding carboxylic acids is 2. The number of amides is 1. The van der Waals surface area contributed by atoms with Crippen LogP contribution in [-0.2, 0) is 9.84 Å². The van der Waals surface area contributed by atoms with Crippen LogP contribution in [0.3, 0.4) is 0 Å². The Kier molecular flexibility index (Phi) is 5.67. The molecule has 0 saturated carbocycles. The highest BCUT2D eigenvalue weighted by atomic mass is 35.5. The number of likely N-dealkylation sites (N-methyl/N-ethyl adjacent to an activating group) is 1. The summed E-state index contributed by atoms with van der Waals surface area (Å²) in [5.41, 5.74) is 1.74. The number of benzene rings is 3. The molecule has 0 aliphatic carbocycles. The third-order valence-electron chi connectivity index (χ3n) is 6.25. The fraction of sp³-hybridized carbons (Fsp3) is 0.200. The Hall–Kier alpha value is -3.20. The largest absolute Gasteiger partial charge is 0.367 e. The third-order valence-corrected chi connectivity index (χ3v) is 8.34. The molecule has 1 fully saturated rings. The number of carbonyl (C=O) groups is 2. The van der Waals surface area contributed by atoms with Crippen molar-refractivity contribution in [3.8, 4) is 0 Å². The van der Waals surface area contributed by atoms with Gasteiger partial charge >= 0.3 is 0 Å². The topological polar surface area (TPSA) is 86.8 Å². The lowest BCUT2D eigenvalue weighted by atomic mass is 10.0. The molecule has 0 bridgehead atoms. The summed E-state index contributed by atoms with van der Waals surface area (Å²) >= 11 is 6.21. The summed E-state index contributed by atoms with van der Waals surface area (Å²) in [6.07, 6.45) is 0. The zero-order valence-electron chi connectivity index (χ0n) is 18.4. The Morgan fingerprint density at radius 3 is 2.38 bits per heavy atom. The number of halogens is 1. The van der Waals surface area contributed by atoms with Crippen LogP contribution in [0, 0.1) is 0 Å². The van der Waals surface area contributed by atoms with Gasteiger partial charge in [-0.15, -0.1) is 0 Å². The van der Waals surface area contributed by atoms with Gasteiger partial charge in [0.1, 0.15) is 0 Å². The first-order valence-electron chi connectivity index (χ1n) is 10.8. The molecular formula is C25H22ClN3O4S. The minimum Gasteiger partial charge on any atom is -0.367 e. The van der Waals surface area contributed by atoms with E-state index in [4.69, 9.17) is 11.6 Å². The van der Waals surface area contributed by atoms with E-state index in [-0.39, 0.29) is 32.3 Å². The molecule has 9 heteroatoms. The van der Waals surface area contributed by atoms with Crippen molar-refractivity contribution in [2.45, 2.75) is 9.79 Å². The van der Waals surface area contributed by atoms with E-state index in [0.29, 0.717) is 10.7 Å². The highest BCUT2D eigenvalue weighted by Crippen LogP contribution is 2.35. The first-order valence-corrected chi connectivity index (χ1v) is 12.7. The Morgan fingerprint density at radius 2 is 1.62 bits per heavy atom. The standard InChI is InChI=1S/C25H22ClN3O4S/c1-28-10-12-29(13-11-28)21-9-7-17(26)15-20(21)27-25(31)16-6-8-19-23(14-16)34(32,33)22-5-3-2-4-18(22)24(19)30/h2-9,14-15H,10-13H2,1H3,(H,27,31). The SMILES string of the molecule is CN1CCN(c2ccc(Cl)cc2NC(=O)c2ccc3c(c2)S(=O)(=O)c2ccccc2C3=O)CC1. The number of nitrogens with zero attached hydrogens (tertiary/aromatic N) is 2. The zero-order chi connectivity index (χ0) is 24.0. The molecule has 3 aromatic carbocycles. The molecule has 7 nitrogen and oxygen atoms in total. The fourth-order valence-electron chi connectivity index (χ4n) is 4.35. The first kappa shape index (κ1) is 22.6. The van der Waals surface area contributed by atoms with Crippen LogP contribution in [0.1, 0.15) is 26.3 Å². The molecule has 2 aliphatic heterocycles. The number of piperazine rings is 1. The number of anilines is 2. The van der Waals surface area contributed by atoms with Gasteiger partial charge in [-0.2, -0.15) is 0 Å². The van der Waals surface area contributed by atoms with Gasteiger partial charge in [0, 0.05) is 47.9 Å². The predicted octanol–water partition coefficient (Wildman–Crippen LogP) is 3.72. The molecule has 2 aliphatic rings. The summed E-state index contributed by atoms with van der Waals surface area (Å²) in [5, 5.41) is 3.36. The Morgan fingerprint density at radius 1 is 0.912 bits per heavy atom. The van der Waals surface area contributed by atoms with E-state index in [0.717, 1.165) is 31.9 Å². The monoisotopic (exact) mass is 495 g/mol. The molecular weight excluding hydrogens is 474 g/mol. The van der Waals surface area contributed by atoms with Crippen molar-refractivity contribution < 1.29 is 18.0 Å². The summed E-state index contributed by atoms with van der Waals surface area (Å²) in [4.78, 5) is 30.2. The highest BCUT2D eigenvalue weighted by molar-refractivity contribution is 7.91. The second-order valence-electron chi connectivity index (χ2n) is 8.45. The lowest BCUT2D eigenvalue weighted by molar-refractivity contribution is 0.101. The number of rotatable bonds is 3. The van der Waals surface area contributed by atoms with Crippen LogP contribution in [0.4, 0.5) is 11.4 Å². The van der Waals surface area contributed by atoms with E-state index in [1.54, 1.807) is 24.3 Å². The van der Waals surface area contributed by atoms with Gasteiger partial charge in [-0.25, -0.2) is 8.42 Å². The second-order valence-corrected chi connectivity index (χ2v) is 10.8. The van der Waals surface area contributed by atoms with Gasteiger partial charge in [-0.1, -0.05) is 23.7 Å². The summed E-state index contributed by atoms with van der Waals surface area (Å²) in [6, 6.07) is 15.6. The molecule has 0 aromatic heterocycles. The van der Waals surface area contributed by atoms with Gasteiger partial charge in [-0.3, -0.25) is 9.59 Å². The van der Waals surface area contributed by atoms with Crippen LogP contribution in [0.25, 0.3) is 0 Å². The van der Waals surface area contributed by atoms with E-state index in [1.807, 2.05) is 6.07 Å². The van der Waals surface area contributed by atoms with Crippen molar-refractivity contribution in [1.82, 2.24) is 4.90 Å². The molecule has 1 amide bonds. The van der Waals surface area contributed by atoms with Crippen LogP contribution in [-0.4, -0.2) is 58.2 Å². The third kappa shape index (κ3) is 3.87. The van der Waals surface area contributed by atoms with Gasteiger partial charge in [0.25, 0.3) is 5.91 Å². The number of fused-ring (bicyclic) bond motifs is 2. The molecule has 5 rings (SSSR count). The van der Waals surface area contributed by atoms with E-state index < -0.39 is 15.7 Å². The molecule has 2 heterocycles. The van der Waals surface area contributed by atoms with Gasteiger partial charge in [0.2, 0.25) is 9.84 Å². The molecule has 1 N–H and O–H groups in total. The summed E-state index contributed by atoms with van der Waals surface area (Å²) in [5.74, 6) is -0.860. The molecule has 174 valence electrons. The number of sulfone groups is 1. The van der Waals surface area contributed by atoms with Crippen molar-refractivity contribution in [2.24, 2.45) is 0 Å². The summed E-state index contributed by atoms with van der Waals surface area (Å²) in [6.45, 7) is 3.40. The van der Waals surface area contributed by atoms with Gasteiger partial charge in [0.15, 0.2) is 5.78 Å². The average Bonchev–Trinajstić information content (AvgIpc) is 2.83. The predicted molar refractivity (Wildman–Crippen MR) is 131 cm³/mol. The van der Waals surface area contributed by atoms with Crippen molar-refractivity contribution >= 4 is 44.5 Å². The summed E-state index contributed by atoms with van der Waals surface area (Å²) in [7, 11) is -1.87. The number of ketones is 1. The number of hydrogen-bond donors (Lipinski definition) is 1. The van der Waals surface area contributed by atoms with Crippen molar-refractivity contribution in [3.63, 3.8) is 0 Å². The maximum absolute atomic E-state index is 13.2. The molecule has 1 saturated heterocycles. The van der Waals surface area contributed by atoms with Gasteiger partial charge in [-0.05, 0) is 55.6 Å². The molecule has 0 spiro atoms. The lowest BCUT2D eigenvalue weighted by Crippen LogP contribution is -2.44. The molecule has 3 aromatic rings. The molecule has 0 radical (unpaired) electrons. The van der Waals surface area contributed by atoms with E-state index >= 15 is 0 Å². The maximum atomic E-state index is 13.2. The minimum absolute atomic E-state index is 0.0442. The Balaban J connectivity index is 1.48.